The third-order valence-corrected chi connectivity index (χ3v) is 6.07. The molecule has 0 atom stereocenters. The number of benzene rings is 2. The maximum atomic E-state index is 11.7. The third kappa shape index (κ3) is 9.57. The van der Waals surface area contributed by atoms with E-state index in [0.717, 1.165) is 0 Å². The number of ether oxygens (including phenoxy) is 4. The Morgan fingerprint density at radius 1 is 0.783 bits per heavy atom. The van der Waals surface area contributed by atoms with E-state index in [-0.39, 0.29) is 45.5 Å². The molecule has 0 spiro atoms. The van der Waals surface area contributed by atoms with Crippen molar-refractivity contribution in [3.63, 3.8) is 0 Å². The molecule has 0 unspecified atom stereocenters. The number of nitrogens with one attached hydrogen (secondary N) is 1. The predicted molar refractivity (Wildman–Crippen MR) is 165 cm³/mol. The zero-order valence-electron chi connectivity index (χ0n) is 24.5. The number of H-pyrrole nitrogens is 1. The summed E-state index contributed by atoms with van der Waals surface area (Å²) in [6.45, 7) is 3.89. The van der Waals surface area contributed by atoms with Gasteiger partial charge in [0.05, 0.1) is 41.6 Å². The molecule has 5 rings (SSSR count). The number of hydrogen-bond donors (Lipinski definition) is 1. The van der Waals surface area contributed by atoms with Crippen LogP contribution in [-0.2, 0) is 32.4 Å². The minimum absolute atomic E-state index is 0.0237. The molecule has 46 heavy (non-hydrogen) atoms. The summed E-state index contributed by atoms with van der Waals surface area (Å²) in [5.74, 6) is -0.850. The zero-order chi connectivity index (χ0) is 32.7. The number of aromatic nitrogens is 4. The average molecular weight is 631 g/mol. The molecule has 0 aliphatic carbocycles. The minimum atomic E-state index is -0.582. The molecule has 14 nitrogen and oxygen atoms in total. The molecule has 0 saturated carbocycles. The van der Waals surface area contributed by atoms with Gasteiger partial charge in [-0.2, -0.15) is 4.98 Å². The number of carbonyl (C=O) groups excluding carboxylic acids is 2. The number of carbonyl (C=O) groups is 2. The highest BCUT2D eigenvalue weighted by Gasteiger charge is 2.08. The molecular formula is C32H30N4O10. The summed E-state index contributed by atoms with van der Waals surface area (Å²) in [7, 11) is 0. The fraction of sp³-hybridized carbons (Fsp3) is 0.188. The molecular weight excluding hydrogens is 600 g/mol. The van der Waals surface area contributed by atoms with Crippen LogP contribution in [0, 0.1) is 0 Å². The van der Waals surface area contributed by atoms with Gasteiger partial charge in [-0.05, 0) is 30.3 Å². The van der Waals surface area contributed by atoms with Crippen LogP contribution in [0.4, 0.5) is 0 Å². The Balaban J connectivity index is 0.000000209. The van der Waals surface area contributed by atoms with E-state index in [1.54, 1.807) is 66.9 Å². The number of hydrogen-bond acceptors (Lipinski definition) is 11. The highest BCUT2D eigenvalue weighted by molar-refractivity contribution is 5.89. The Morgan fingerprint density at radius 3 is 1.91 bits per heavy atom. The topological polar surface area (TPSA) is 174 Å². The summed E-state index contributed by atoms with van der Waals surface area (Å²) in [6.07, 6.45) is 5.76. The van der Waals surface area contributed by atoms with Crippen molar-refractivity contribution >= 4 is 29.1 Å². The molecule has 0 saturated heterocycles. The van der Waals surface area contributed by atoms with Crippen molar-refractivity contribution in [1.82, 2.24) is 19.1 Å². The fourth-order valence-corrected chi connectivity index (χ4v) is 3.76. The maximum Gasteiger partial charge on any atom is 0.352 e. The van der Waals surface area contributed by atoms with Gasteiger partial charge in [0.25, 0.3) is 5.56 Å². The van der Waals surface area contributed by atoms with Gasteiger partial charge in [-0.25, -0.2) is 19.2 Å². The van der Waals surface area contributed by atoms with Gasteiger partial charge < -0.3 is 23.4 Å². The van der Waals surface area contributed by atoms with Crippen molar-refractivity contribution < 1.29 is 33.0 Å². The van der Waals surface area contributed by atoms with E-state index in [1.165, 1.54) is 27.7 Å². The molecule has 3 heterocycles. The van der Waals surface area contributed by atoms with Crippen molar-refractivity contribution in [1.29, 1.82) is 0 Å². The summed E-state index contributed by atoms with van der Waals surface area (Å²) in [5.41, 5.74) is -0.0429. The lowest BCUT2D eigenvalue weighted by atomic mass is 10.2. The Morgan fingerprint density at radius 2 is 1.35 bits per heavy atom. The van der Waals surface area contributed by atoms with Crippen molar-refractivity contribution in [2.45, 2.75) is 13.5 Å². The van der Waals surface area contributed by atoms with Crippen LogP contribution in [0.1, 0.15) is 26.3 Å². The van der Waals surface area contributed by atoms with Crippen molar-refractivity contribution in [2.75, 3.05) is 26.4 Å². The van der Waals surface area contributed by atoms with E-state index in [2.05, 4.69) is 16.5 Å². The number of aromatic amines is 1. The van der Waals surface area contributed by atoms with Crippen molar-refractivity contribution in [3.8, 4) is 0 Å². The molecule has 1 N–H and O–H groups in total. The van der Waals surface area contributed by atoms with Gasteiger partial charge >= 0.3 is 23.3 Å². The molecule has 0 aliphatic heterocycles. The van der Waals surface area contributed by atoms with Crippen molar-refractivity contribution in [2.24, 2.45) is 0 Å². The first-order valence-corrected chi connectivity index (χ1v) is 13.9. The van der Waals surface area contributed by atoms with Crippen molar-refractivity contribution in [3.05, 3.63) is 140 Å². The van der Waals surface area contributed by atoms with E-state index < -0.39 is 28.9 Å². The standard InChI is InChI=1S/C16H14N2O5.C16H16N2O5/c19-15(12-4-2-1-3-5-12)23-9-8-21-11-18-10-13-6-7-22-14(13)17-16(18)20;1-2-12-10-18(16(21)17-14(12)19)11-22-8-9-23-15(20)13-6-4-3-5-7-13/h1-7,10H,8-9,11H2;2-7,10H,1,8-9,11H2,(H,17,19,21). The Bertz CT molecular complexity index is 1930. The molecule has 14 heteroatoms. The number of esters is 2. The number of rotatable bonds is 13. The van der Waals surface area contributed by atoms with Crippen LogP contribution in [0.5, 0.6) is 0 Å². The molecule has 0 radical (unpaired) electrons. The van der Waals surface area contributed by atoms with E-state index in [4.69, 9.17) is 23.4 Å². The SMILES string of the molecule is C=Cc1cn(COCCOC(=O)c2ccccc2)c(=O)[nH]c1=O.O=C(OCCOCn1cc2ccoc2nc1=O)c1ccccc1. The van der Waals surface area contributed by atoms with Crippen LogP contribution >= 0.6 is 0 Å². The van der Waals surface area contributed by atoms with Crippen LogP contribution in [0.25, 0.3) is 17.2 Å². The van der Waals surface area contributed by atoms with Gasteiger partial charge in [0.2, 0.25) is 5.71 Å². The second kappa shape index (κ2) is 16.8. The second-order valence-electron chi connectivity index (χ2n) is 9.27. The van der Waals surface area contributed by atoms with Gasteiger partial charge in [-0.3, -0.25) is 18.9 Å². The zero-order valence-corrected chi connectivity index (χ0v) is 24.5. The quantitative estimate of drug-likeness (QED) is 0.150. The van der Waals surface area contributed by atoms with Crippen LogP contribution in [0.2, 0.25) is 0 Å². The van der Waals surface area contributed by atoms with Gasteiger partial charge in [-0.15, -0.1) is 0 Å². The first kappa shape index (κ1) is 33.0. The summed E-state index contributed by atoms with van der Waals surface area (Å²) >= 11 is 0. The average Bonchev–Trinajstić information content (AvgIpc) is 3.53. The highest BCUT2D eigenvalue weighted by Crippen LogP contribution is 2.09. The van der Waals surface area contributed by atoms with E-state index in [9.17, 15) is 24.0 Å². The third-order valence-electron chi connectivity index (χ3n) is 6.07. The van der Waals surface area contributed by atoms with Crippen LogP contribution in [0.3, 0.4) is 0 Å². The molecule has 2 aromatic carbocycles. The van der Waals surface area contributed by atoms with Crippen LogP contribution in [0.15, 0.2) is 111 Å². The monoisotopic (exact) mass is 630 g/mol. The lowest BCUT2D eigenvalue weighted by molar-refractivity contribution is 0.0160. The van der Waals surface area contributed by atoms with E-state index in [0.29, 0.717) is 22.2 Å². The Hall–Kier alpha value is -5.86. The smallest absolute Gasteiger partial charge is 0.352 e. The lowest BCUT2D eigenvalue weighted by Crippen LogP contribution is -2.31. The maximum absolute atomic E-state index is 11.7. The molecule has 0 bridgehead atoms. The molecule has 0 amide bonds. The minimum Gasteiger partial charge on any atom is -0.460 e. The summed E-state index contributed by atoms with van der Waals surface area (Å²) in [6, 6.07) is 19.0. The molecule has 0 aliphatic rings. The van der Waals surface area contributed by atoms with Gasteiger partial charge in [0, 0.05) is 12.4 Å². The Kier molecular flexibility index (Phi) is 12.1. The molecule has 0 fully saturated rings. The first-order chi connectivity index (χ1) is 22.4. The molecule has 5 aromatic rings. The van der Waals surface area contributed by atoms with Crippen LogP contribution in [-0.4, -0.2) is 57.5 Å². The van der Waals surface area contributed by atoms with Crippen LogP contribution < -0.4 is 16.9 Å². The predicted octanol–water partition coefficient (Wildman–Crippen LogP) is 2.83. The highest BCUT2D eigenvalue weighted by atomic mass is 16.6. The molecule has 3 aromatic heterocycles. The van der Waals surface area contributed by atoms with E-state index in [1.807, 2.05) is 6.07 Å². The lowest BCUT2D eigenvalue weighted by Gasteiger charge is -2.08. The number of furan rings is 1. The normalized spacial score (nSPS) is 10.5. The van der Waals surface area contributed by atoms with Gasteiger partial charge in [-0.1, -0.05) is 49.1 Å². The number of fused-ring (bicyclic) bond motifs is 1. The fourth-order valence-electron chi connectivity index (χ4n) is 3.76. The second-order valence-corrected chi connectivity index (χ2v) is 9.27. The molecule has 238 valence electrons. The summed E-state index contributed by atoms with van der Waals surface area (Å²) < 4.78 is 28.2. The summed E-state index contributed by atoms with van der Waals surface area (Å²) in [4.78, 5) is 64.0. The summed E-state index contributed by atoms with van der Waals surface area (Å²) in [5, 5.41) is 0.712. The Labute approximate surface area is 261 Å². The largest absolute Gasteiger partial charge is 0.460 e. The number of nitrogens with zero attached hydrogens (tertiary/aromatic N) is 3. The van der Waals surface area contributed by atoms with E-state index >= 15 is 0 Å². The van der Waals surface area contributed by atoms with Gasteiger partial charge in [0.15, 0.2) is 0 Å². The first-order valence-electron chi connectivity index (χ1n) is 13.9. The van der Waals surface area contributed by atoms with Gasteiger partial charge in [0.1, 0.15) is 26.7 Å².